The number of benzene rings is 1. The fourth-order valence-corrected chi connectivity index (χ4v) is 2.63. The number of ether oxygens (including phenoxy) is 1. The maximum Gasteiger partial charge on any atom is 0.333 e. The number of thiazole rings is 1. The van der Waals surface area contributed by atoms with E-state index >= 15 is 0 Å². The highest BCUT2D eigenvalue weighted by Crippen LogP contribution is 2.27. The fraction of sp³-hybridized carbons (Fsp3) is 0.231. The fourth-order valence-electron chi connectivity index (χ4n) is 1.64. The Balaban J connectivity index is 2.22. The Morgan fingerprint density at radius 2 is 2.30 bits per heavy atom. The number of aromatic nitrogens is 1. The number of fused-ring (bicyclic) bond motifs is 1. The van der Waals surface area contributed by atoms with Crippen molar-refractivity contribution < 1.29 is 14.5 Å². The molecule has 1 heterocycles. The van der Waals surface area contributed by atoms with E-state index in [0.717, 1.165) is 4.70 Å². The summed E-state index contributed by atoms with van der Waals surface area (Å²) in [5.41, 5.74) is 0.870. The number of nitro benzene ring substituents is 1. The molecule has 0 radical (unpaired) electrons. The minimum Gasteiger partial charge on any atom is -0.463 e. The monoisotopic (exact) mass is 292 g/mol. The molecule has 0 saturated carbocycles. The van der Waals surface area contributed by atoms with Crippen LogP contribution >= 0.6 is 11.3 Å². The quantitative estimate of drug-likeness (QED) is 0.366. The minimum absolute atomic E-state index is 0.00132. The summed E-state index contributed by atoms with van der Waals surface area (Å²) in [6.45, 7) is 5.69. The van der Waals surface area contributed by atoms with Crippen molar-refractivity contribution in [2.24, 2.45) is 0 Å². The molecule has 0 aliphatic heterocycles. The number of hydrogen-bond donors (Lipinski definition) is 0. The zero-order valence-electron chi connectivity index (χ0n) is 10.8. The highest BCUT2D eigenvalue weighted by atomic mass is 32.1. The van der Waals surface area contributed by atoms with Crippen LogP contribution in [0.4, 0.5) is 5.69 Å². The molecule has 2 aromatic rings. The van der Waals surface area contributed by atoms with E-state index in [0.29, 0.717) is 22.7 Å². The third kappa shape index (κ3) is 3.00. The predicted octanol–water partition coefficient (Wildman–Crippen LogP) is 2.87. The third-order valence-electron chi connectivity index (χ3n) is 2.55. The van der Waals surface area contributed by atoms with E-state index in [4.69, 9.17) is 4.74 Å². The van der Waals surface area contributed by atoms with Gasteiger partial charge in [0, 0.05) is 24.1 Å². The molecule has 0 atom stereocenters. The van der Waals surface area contributed by atoms with Gasteiger partial charge in [-0.05, 0) is 13.0 Å². The van der Waals surface area contributed by atoms with E-state index in [2.05, 4.69) is 11.6 Å². The Bertz CT molecular complexity index is 693. The molecule has 0 aliphatic rings. The van der Waals surface area contributed by atoms with Crippen LogP contribution in [0.1, 0.15) is 11.9 Å². The lowest BCUT2D eigenvalue weighted by atomic mass is 10.2. The molecule has 0 amide bonds. The van der Waals surface area contributed by atoms with Crippen LogP contribution in [0.15, 0.2) is 30.4 Å². The van der Waals surface area contributed by atoms with E-state index in [1.165, 1.54) is 23.5 Å². The molecule has 0 spiro atoms. The van der Waals surface area contributed by atoms with Crippen LogP contribution in [0.25, 0.3) is 10.2 Å². The summed E-state index contributed by atoms with van der Waals surface area (Å²) in [5.74, 6) is -0.447. The van der Waals surface area contributed by atoms with Gasteiger partial charge in [-0.25, -0.2) is 9.78 Å². The van der Waals surface area contributed by atoms with Gasteiger partial charge < -0.3 is 4.74 Å². The molecule has 0 aliphatic carbocycles. The van der Waals surface area contributed by atoms with Gasteiger partial charge in [-0.3, -0.25) is 10.1 Å². The SMILES string of the molecule is C=C(Cc1nc2cc([N+](=O)[O-])ccc2s1)C(=O)OCC. The first kappa shape index (κ1) is 14.1. The Kier molecular flexibility index (Phi) is 4.09. The predicted molar refractivity (Wildman–Crippen MR) is 75.8 cm³/mol. The van der Waals surface area contributed by atoms with Crippen LogP contribution in [-0.2, 0) is 16.0 Å². The van der Waals surface area contributed by atoms with Crippen LogP contribution < -0.4 is 0 Å². The molecule has 0 N–H and O–H groups in total. The van der Waals surface area contributed by atoms with Crippen LogP contribution in [0, 0.1) is 10.1 Å². The van der Waals surface area contributed by atoms with Gasteiger partial charge in [0.15, 0.2) is 0 Å². The number of hydrogen-bond acceptors (Lipinski definition) is 6. The lowest BCUT2D eigenvalue weighted by molar-refractivity contribution is -0.384. The van der Waals surface area contributed by atoms with Crippen molar-refractivity contribution in [2.45, 2.75) is 13.3 Å². The summed E-state index contributed by atoms with van der Waals surface area (Å²) in [7, 11) is 0. The Hall–Kier alpha value is -2.28. The summed E-state index contributed by atoms with van der Waals surface area (Å²) in [4.78, 5) is 26.0. The van der Waals surface area contributed by atoms with Crippen molar-refractivity contribution >= 4 is 33.2 Å². The van der Waals surface area contributed by atoms with E-state index in [1.807, 2.05) is 0 Å². The Labute approximate surface area is 118 Å². The number of carbonyl (C=O) groups is 1. The van der Waals surface area contributed by atoms with Gasteiger partial charge in [0.05, 0.1) is 26.8 Å². The van der Waals surface area contributed by atoms with Gasteiger partial charge in [-0.2, -0.15) is 0 Å². The van der Waals surface area contributed by atoms with E-state index in [-0.39, 0.29) is 12.1 Å². The topological polar surface area (TPSA) is 82.3 Å². The molecule has 0 unspecified atom stereocenters. The molecule has 20 heavy (non-hydrogen) atoms. The lowest BCUT2D eigenvalue weighted by Crippen LogP contribution is -2.08. The largest absolute Gasteiger partial charge is 0.463 e. The third-order valence-corrected chi connectivity index (χ3v) is 3.59. The van der Waals surface area contributed by atoms with Crippen molar-refractivity contribution in [2.75, 3.05) is 6.61 Å². The van der Waals surface area contributed by atoms with Gasteiger partial charge >= 0.3 is 5.97 Å². The molecule has 1 aromatic carbocycles. The van der Waals surface area contributed by atoms with Crippen molar-refractivity contribution in [3.63, 3.8) is 0 Å². The second-order valence-corrected chi connectivity index (χ2v) is 5.13. The zero-order valence-corrected chi connectivity index (χ0v) is 11.6. The van der Waals surface area contributed by atoms with Gasteiger partial charge in [0.25, 0.3) is 5.69 Å². The van der Waals surface area contributed by atoms with Crippen LogP contribution in [0.3, 0.4) is 0 Å². The molecule has 104 valence electrons. The minimum atomic E-state index is -0.462. The molecule has 0 saturated heterocycles. The summed E-state index contributed by atoms with van der Waals surface area (Å²) >= 11 is 1.38. The summed E-state index contributed by atoms with van der Waals surface area (Å²) < 4.78 is 5.69. The first-order chi connectivity index (χ1) is 9.51. The number of esters is 1. The van der Waals surface area contributed by atoms with E-state index in [1.54, 1.807) is 13.0 Å². The van der Waals surface area contributed by atoms with Gasteiger partial charge in [-0.15, -0.1) is 11.3 Å². The number of rotatable bonds is 5. The van der Waals surface area contributed by atoms with Crippen LogP contribution in [-0.4, -0.2) is 22.5 Å². The van der Waals surface area contributed by atoms with Crippen LogP contribution in [0.5, 0.6) is 0 Å². The molecule has 0 fully saturated rings. The highest BCUT2D eigenvalue weighted by molar-refractivity contribution is 7.18. The molecule has 6 nitrogen and oxygen atoms in total. The molecule has 0 bridgehead atoms. The van der Waals surface area contributed by atoms with E-state index in [9.17, 15) is 14.9 Å². The summed E-state index contributed by atoms with van der Waals surface area (Å²) in [6.07, 6.45) is 0.284. The van der Waals surface area contributed by atoms with Crippen molar-refractivity contribution in [3.05, 3.63) is 45.5 Å². The molecule has 7 heteroatoms. The second kappa shape index (κ2) is 5.79. The van der Waals surface area contributed by atoms with Gasteiger partial charge in [-0.1, -0.05) is 6.58 Å². The lowest BCUT2D eigenvalue weighted by Gasteiger charge is -2.02. The van der Waals surface area contributed by atoms with Crippen LogP contribution in [0.2, 0.25) is 0 Å². The smallest absolute Gasteiger partial charge is 0.333 e. The zero-order chi connectivity index (χ0) is 14.7. The van der Waals surface area contributed by atoms with Gasteiger partial charge in [0.2, 0.25) is 0 Å². The number of carbonyl (C=O) groups excluding carboxylic acids is 1. The molecule has 1 aromatic heterocycles. The average Bonchev–Trinajstić information content (AvgIpc) is 2.79. The summed E-state index contributed by atoms with van der Waals surface area (Å²) in [5, 5.41) is 11.4. The number of nitro groups is 1. The van der Waals surface area contributed by atoms with Gasteiger partial charge in [0.1, 0.15) is 0 Å². The van der Waals surface area contributed by atoms with Crippen molar-refractivity contribution in [1.29, 1.82) is 0 Å². The number of nitrogens with zero attached hydrogens (tertiary/aromatic N) is 2. The number of non-ortho nitro benzene ring substituents is 1. The summed E-state index contributed by atoms with van der Waals surface area (Å²) in [6, 6.07) is 4.51. The van der Waals surface area contributed by atoms with Crippen molar-refractivity contribution in [1.82, 2.24) is 4.98 Å². The first-order valence-corrected chi connectivity index (χ1v) is 6.71. The first-order valence-electron chi connectivity index (χ1n) is 5.90. The maximum absolute atomic E-state index is 11.5. The second-order valence-electron chi connectivity index (χ2n) is 4.02. The Morgan fingerprint density at radius 3 is 2.95 bits per heavy atom. The normalized spacial score (nSPS) is 10.4. The average molecular weight is 292 g/mol. The maximum atomic E-state index is 11.5. The Morgan fingerprint density at radius 1 is 1.55 bits per heavy atom. The molecule has 2 rings (SSSR count). The molecular weight excluding hydrogens is 280 g/mol. The van der Waals surface area contributed by atoms with E-state index < -0.39 is 10.9 Å². The van der Waals surface area contributed by atoms with Crippen molar-refractivity contribution in [3.8, 4) is 0 Å². The standard InChI is InChI=1S/C13H12N2O4S/c1-3-19-13(16)8(2)6-12-14-10-7-9(15(17)18)4-5-11(10)20-12/h4-5,7H,2-3,6H2,1H3. The molecular formula is C13H12N2O4S. The highest BCUT2D eigenvalue weighted by Gasteiger charge is 2.14.